The van der Waals surface area contributed by atoms with E-state index in [4.69, 9.17) is 0 Å². The van der Waals surface area contributed by atoms with Crippen molar-refractivity contribution in [1.82, 2.24) is 9.78 Å². The van der Waals surface area contributed by atoms with Crippen LogP contribution in [0.2, 0.25) is 0 Å². The zero-order valence-electron chi connectivity index (χ0n) is 11.8. The summed E-state index contributed by atoms with van der Waals surface area (Å²) in [5.74, 6) is 0.208. The van der Waals surface area contributed by atoms with E-state index in [1.165, 1.54) is 6.26 Å². The lowest BCUT2D eigenvalue weighted by Gasteiger charge is -2.03. The van der Waals surface area contributed by atoms with Gasteiger partial charge in [0, 0.05) is 18.0 Å². The quantitative estimate of drug-likeness (QED) is 0.806. The van der Waals surface area contributed by atoms with Gasteiger partial charge in [-0.2, -0.15) is 5.10 Å². The van der Waals surface area contributed by atoms with E-state index in [-0.39, 0.29) is 10.6 Å². The Hall–Kier alpha value is -2.60. The molecule has 0 aliphatic rings. The predicted molar refractivity (Wildman–Crippen MR) is 83.8 cm³/mol. The Labute approximate surface area is 128 Å². The molecule has 0 aliphatic heterocycles. The van der Waals surface area contributed by atoms with Crippen LogP contribution in [0.15, 0.2) is 65.7 Å². The average molecular weight is 314 g/mol. The van der Waals surface area contributed by atoms with Gasteiger partial charge in [-0.25, -0.2) is 13.1 Å². The van der Waals surface area contributed by atoms with Crippen molar-refractivity contribution in [3.63, 3.8) is 0 Å². The second-order valence-electron chi connectivity index (χ2n) is 4.96. The Morgan fingerprint density at radius 1 is 0.955 bits per heavy atom. The number of phenols is 1. The number of nitrogens with zero attached hydrogens (tertiary/aromatic N) is 2. The van der Waals surface area contributed by atoms with E-state index in [0.29, 0.717) is 0 Å². The first-order valence-electron chi connectivity index (χ1n) is 6.59. The highest BCUT2D eigenvalue weighted by atomic mass is 32.2. The lowest BCUT2D eigenvalue weighted by atomic mass is 10.1. The third-order valence-corrected chi connectivity index (χ3v) is 4.41. The number of aromatic nitrogens is 2. The molecule has 0 spiro atoms. The molecule has 5 nitrogen and oxygen atoms in total. The number of sulfone groups is 1. The first-order valence-corrected chi connectivity index (χ1v) is 8.48. The third-order valence-electron chi connectivity index (χ3n) is 3.28. The Balaban J connectivity index is 1.92. The standard InChI is InChI=1S/C16H14N2O3S/c1-22(20,21)15-8-4-13(5-9-15)18-11-10-16(17-18)12-2-6-14(19)7-3-12/h2-11,19H,1H3. The molecule has 3 aromatic rings. The summed E-state index contributed by atoms with van der Waals surface area (Å²) in [6, 6.07) is 15.2. The van der Waals surface area contributed by atoms with Gasteiger partial charge < -0.3 is 5.11 Å². The number of phenolic OH excluding ortho intramolecular Hbond substituents is 1. The van der Waals surface area contributed by atoms with Crippen molar-refractivity contribution in [3.05, 3.63) is 60.8 Å². The zero-order valence-corrected chi connectivity index (χ0v) is 12.7. The topological polar surface area (TPSA) is 72.2 Å². The molecule has 1 N–H and O–H groups in total. The maximum atomic E-state index is 11.5. The minimum absolute atomic E-state index is 0.208. The van der Waals surface area contributed by atoms with Crippen LogP contribution in [-0.2, 0) is 9.84 Å². The van der Waals surface area contributed by atoms with Crippen LogP contribution in [0.25, 0.3) is 16.9 Å². The van der Waals surface area contributed by atoms with Crippen LogP contribution < -0.4 is 0 Å². The molecular weight excluding hydrogens is 300 g/mol. The van der Waals surface area contributed by atoms with Crippen molar-refractivity contribution in [1.29, 1.82) is 0 Å². The van der Waals surface area contributed by atoms with Gasteiger partial charge in [0.05, 0.1) is 16.3 Å². The summed E-state index contributed by atoms with van der Waals surface area (Å²) in [5.41, 5.74) is 2.44. The third kappa shape index (κ3) is 2.87. The maximum absolute atomic E-state index is 11.5. The summed E-state index contributed by atoms with van der Waals surface area (Å²) in [6.45, 7) is 0. The lowest BCUT2D eigenvalue weighted by Crippen LogP contribution is -1.99. The van der Waals surface area contributed by atoms with Gasteiger partial charge in [-0.3, -0.25) is 0 Å². The summed E-state index contributed by atoms with van der Waals surface area (Å²) < 4.78 is 24.6. The minimum atomic E-state index is -3.20. The molecule has 6 heteroatoms. The van der Waals surface area contributed by atoms with Gasteiger partial charge in [0.1, 0.15) is 5.75 Å². The SMILES string of the molecule is CS(=O)(=O)c1ccc(-n2ccc(-c3ccc(O)cc3)n2)cc1. The van der Waals surface area contributed by atoms with Crippen LogP contribution in [-0.4, -0.2) is 29.6 Å². The number of hydrogen-bond acceptors (Lipinski definition) is 4. The van der Waals surface area contributed by atoms with Gasteiger partial charge in [-0.1, -0.05) is 0 Å². The van der Waals surface area contributed by atoms with Gasteiger partial charge in [-0.15, -0.1) is 0 Å². The highest BCUT2D eigenvalue weighted by molar-refractivity contribution is 7.90. The first kappa shape index (κ1) is 14.3. The molecule has 0 atom stereocenters. The summed E-state index contributed by atoms with van der Waals surface area (Å²) in [7, 11) is -3.20. The molecule has 1 aromatic heterocycles. The van der Waals surface area contributed by atoms with Crippen molar-refractivity contribution < 1.29 is 13.5 Å². The average Bonchev–Trinajstić information content (AvgIpc) is 2.97. The van der Waals surface area contributed by atoms with Gasteiger partial charge in [0.15, 0.2) is 9.84 Å². The van der Waals surface area contributed by atoms with E-state index < -0.39 is 9.84 Å². The lowest BCUT2D eigenvalue weighted by molar-refractivity contribution is 0.475. The molecule has 0 saturated carbocycles. The molecule has 2 aromatic carbocycles. The largest absolute Gasteiger partial charge is 0.508 e. The van der Waals surface area contributed by atoms with E-state index in [2.05, 4.69) is 5.10 Å². The number of rotatable bonds is 3. The second-order valence-corrected chi connectivity index (χ2v) is 6.97. The summed E-state index contributed by atoms with van der Waals surface area (Å²) in [4.78, 5) is 0.280. The predicted octanol–water partition coefficient (Wildman–Crippen LogP) is 2.65. The molecule has 0 amide bonds. The van der Waals surface area contributed by atoms with E-state index in [1.807, 2.05) is 6.07 Å². The van der Waals surface area contributed by atoms with Gasteiger partial charge in [0.2, 0.25) is 0 Å². The van der Waals surface area contributed by atoms with Crippen LogP contribution in [0.4, 0.5) is 0 Å². The molecule has 0 unspecified atom stereocenters. The number of hydrogen-bond donors (Lipinski definition) is 1. The number of aromatic hydroxyl groups is 1. The molecule has 0 radical (unpaired) electrons. The van der Waals surface area contributed by atoms with Crippen molar-refractivity contribution in [3.8, 4) is 22.7 Å². The molecule has 0 fully saturated rings. The molecule has 22 heavy (non-hydrogen) atoms. The fourth-order valence-electron chi connectivity index (χ4n) is 2.10. The van der Waals surface area contributed by atoms with Gasteiger partial charge >= 0.3 is 0 Å². The number of benzene rings is 2. The Bertz CT molecular complexity index is 895. The second kappa shape index (κ2) is 5.31. The first-order chi connectivity index (χ1) is 10.4. The van der Waals surface area contributed by atoms with Crippen LogP contribution in [0.5, 0.6) is 5.75 Å². The van der Waals surface area contributed by atoms with E-state index in [9.17, 15) is 13.5 Å². The molecule has 3 rings (SSSR count). The molecule has 1 heterocycles. The van der Waals surface area contributed by atoms with Crippen molar-refractivity contribution >= 4 is 9.84 Å². The van der Waals surface area contributed by atoms with Crippen LogP contribution in [0.1, 0.15) is 0 Å². The smallest absolute Gasteiger partial charge is 0.175 e. The summed E-state index contributed by atoms with van der Waals surface area (Å²) in [5, 5.41) is 13.8. The Morgan fingerprint density at radius 2 is 1.59 bits per heavy atom. The van der Waals surface area contributed by atoms with Crippen molar-refractivity contribution in [2.45, 2.75) is 4.90 Å². The highest BCUT2D eigenvalue weighted by Crippen LogP contribution is 2.21. The minimum Gasteiger partial charge on any atom is -0.508 e. The molecule has 112 valence electrons. The fraction of sp³-hybridized carbons (Fsp3) is 0.0625. The highest BCUT2D eigenvalue weighted by Gasteiger charge is 2.08. The molecular formula is C16H14N2O3S. The maximum Gasteiger partial charge on any atom is 0.175 e. The van der Waals surface area contributed by atoms with Crippen LogP contribution in [0.3, 0.4) is 0 Å². The Kier molecular flexibility index (Phi) is 3.46. The summed E-state index contributed by atoms with van der Waals surface area (Å²) >= 11 is 0. The van der Waals surface area contributed by atoms with E-state index in [1.54, 1.807) is 59.4 Å². The monoisotopic (exact) mass is 314 g/mol. The van der Waals surface area contributed by atoms with Crippen LogP contribution >= 0.6 is 0 Å². The molecule has 0 saturated heterocycles. The molecule has 0 bridgehead atoms. The van der Waals surface area contributed by atoms with Gasteiger partial charge in [-0.05, 0) is 54.6 Å². The van der Waals surface area contributed by atoms with E-state index >= 15 is 0 Å². The zero-order chi connectivity index (χ0) is 15.7. The van der Waals surface area contributed by atoms with Gasteiger partial charge in [0.25, 0.3) is 0 Å². The fourth-order valence-corrected chi connectivity index (χ4v) is 2.73. The van der Waals surface area contributed by atoms with E-state index in [0.717, 1.165) is 16.9 Å². The Morgan fingerprint density at radius 3 is 2.18 bits per heavy atom. The van der Waals surface area contributed by atoms with Crippen molar-refractivity contribution in [2.75, 3.05) is 6.26 Å². The molecule has 0 aliphatic carbocycles. The normalized spacial score (nSPS) is 11.5. The summed E-state index contributed by atoms with van der Waals surface area (Å²) in [6.07, 6.45) is 2.98. The van der Waals surface area contributed by atoms with Crippen molar-refractivity contribution in [2.24, 2.45) is 0 Å². The van der Waals surface area contributed by atoms with Crippen LogP contribution in [0, 0.1) is 0 Å².